The molecule has 0 unspecified atom stereocenters. The van der Waals surface area contributed by atoms with Gasteiger partial charge in [0.25, 0.3) is 5.89 Å². The van der Waals surface area contributed by atoms with Crippen molar-refractivity contribution in [1.29, 1.82) is 0 Å². The molecule has 6 heteroatoms. The first-order valence-electron chi connectivity index (χ1n) is 5.75. The van der Waals surface area contributed by atoms with Crippen molar-refractivity contribution >= 4 is 11.6 Å². The molecule has 100 valence electrons. The lowest BCUT2D eigenvalue weighted by Crippen LogP contribution is -1.82. The SMILES string of the molecule is Oc1ccc(-c2noc(-c3cc(O)ccc3Cl)n2)cc1. The Morgan fingerprint density at radius 2 is 1.65 bits per heavy atom. The second-order valence-corrected chi connectivity index (χ2v) is 4.54. The van der Waals surface area contributed by atoms with E-state index in [1.807, 2.05) is 0 Å². The second-order valence-electron chi connectivity index (χ2n) is 4.13. The smallest absolute Gasteiger partial charge is 0.259 e. The van der Waals surface area contributed by atoms with Crippen LogP contribution in [-0.2, 0) is 0 Å². The summed E-state index contributed by atoms with van der Waals surface area (Å²) in [5, 5.41) is 23.0. The minimum atomic E-state index is 0.0637. The molecular formula is C14H9ClN2O3. The molecular weight excluding hydrogens is 280 g/mol. The summed E-state index contributed by atoms with van der Waals surface area (Å²) in [4.78, 5) is 4.23. The Morgan fingerprint density at radius 3 is 2.40 bits per heavy atom. The van der Waals surface area contributed by atoms with Crippen LogP contribution in [-0.4, -0.2) is 20.4 Å². The van der Waals surface area contributed by atoms with E-state index in [0.717, 1.165) is 0 Å². The molecule has 0 atom stereocenters. The number of aromatic nitrogens is 2. The van der Waals surface area contributed by atoms with E-state index in [-0.39, 0.29) is 17.4 Å². The molecule has 0 saturated heterocycles. The average Bonchev–Trinajstić information content (AvgIpc) is 2.92. The summed E-state index contributed by atoms with van der Waals surface area (Å²) in [6.45, 7) is 0. The van der Waals surface area contributed by atoms with E-state index in [1.54, 1.807) is 18.2 Å². The van der Waals surface area contributed by atoms with Crippen LogP contribution in [0.15, 0.2) is 47.0 Å². The van der Waals surface area contributed by atoms with Gasteiger partial charge in [0.1, 0.15) is 11.5 Å². The largest absolute Gasteiger partial charge is 0.508 e. The second kappa shape index (κ2) is 4.86. The van der Waals surface area contributed by atoms with Crippen molar-refractivity contribution in [2.75, 3.05) is 0 Å². The highest BCUT2D eigenvalue weighted by Crippen LogP contribution is 2.31. The first-order chi connectivity index (χ1) is 9.63. The van der Waals surface area contributed by atoms with Crippen molar-refractivity contribution in [3.63, 3.8) is 0 Å². The van der Waals surface area contributed by atoms with Crippen LogP contribution in [0.3, 0.4) is 0 Å². The van der Waals surface area contributed by atoms with Gasteiger partial charge in [0.05, 0.1) is 10.6 Å². The molecule has 20 heavy (non-hydrogen) atoms. The highest BCUT2D eigenvalue weighted by Gasteiger charge is 2.14. The van der Waals surface area contributed by atoms with Crippen LogP contribution in [0.4, 0.5) is 0 Å². The molecule has 1 heterocycles. The topological polar surface area (TPSA) is 79.4 Å². The zero-order valence-electron chi connectivity index (χ0n) is 10.1. The predicted octanol–water partition coefficient (Wildman–Crippen LogP) is 3.47. The van der Waals surface area contributed by atoms with Crippen LogP contribution in [0.5, 0.6) is 11.5 Å². The quantitative estimate of drug-likeness (QED) is 0.755. The number of hydrogen-bond acceptors (Lipinski definition) is 5. The van der Waals surface area contributed by atoms with Crippen LogP contribution in [0.25, 0.3) is 22.8 Å². The summed E-state index contributed by atoms with van der Waals surface area (Å²) in [6.07, 6.45) is 0. The van der Waals surface area contributed by atoms with Crippen molar-refractivity contribution in [2.24, 2.45) is 0 Å². The van der Waals surface area contributed by atoms with E-state index in [1.165, 1.54) is 24.3 Å². The number of phenolic OH excluding ortho intramolecular Hbond substituents is 2. The number of aromatic hydroxyl groups is 2. The van der Waals surface area contributed by atoms with E-state index < -0.39 is 0 Å². The molecule has 1 aromatic heterocycles. The van der Waals surface area contributed by atoms with E-state index in [2.05, 4.69) is 10.1 Å². The predicted molar refractivity (Wildman–Crippen MR) is 73.5 cm³/mol. The van der Waals surface area contributed by atoms with E-state index in [4.69, 9.17) is 16.1 Å². The maximum Gasteiger partial charge on any atom is 0.259 e. The fourth-order valence-corrected chi connectivity index (χ4v) is 1.94. The molecule has 0 fully saturated rings. The molecule has 2 aromatic carbocycles. The van der Waals surface area contributed by atoms with Gasteiger partial charge >= 0.3 is 0 Å². The molecule has 0 radical (unpaired) electrons. The molecule has 3 rings (SSSR count). The monoisotopic (exact) mass is 288 g/mol. The molecule has 0 bridgehead atoms. The third kappa shape index (κ3) is 2.31. The molecule has 0 aliphatic heterocycles. The van der Waals surface area contributed by atoms with Gasteiger partial charge in [0, 0.05) is 5.56 Å². The number of rotatable bonds is 2. The third-order valence-electron chi connectivity index (χ3n) is 2.73. The van der Waals surface area contributed by atoms with Gasteiger partial charge in [-0.25, -0.2) is 0 Å². The summed E-state index contributed by atoms with van der Waals surface area (Å²) in [6, 6.07) is 10.9. The van der Waals surface area contributed by atoms with E-state index in [9.17, 15) is 10.2 Å². The molecule has 0 saturated carbocycles. The first kappa shape index (κ1) is 12.5. The van der Waals surface area contributed by atoms with Crippen LogP contribution in [0.2, 0.25) is 5.02 Å². The van der Waals surface area contributed by atoms with Gasteiger partial charge in [-0.2, -0.15) is 4.98 Å². The van der Waals surface area contributed by atoms with Gasteiger partial charge in [0.15, 0.2) is 0 Å². The third-order valence-corrected chi connectivity index (χ3v) is 3.06. The van der Waals surface area contributed by atoms with Crippen molar-refractivity contribution in [2.45, 2.75) is 0 Å². The Hall–Kier alpha value is -2.53. The normalized spacial score (nSPS) is 10.7. The van der Waals surface area contributed by atoms with Crippen LogP contribution in [0, 0.1) is 0 Å². The lowest BCUT2D eigenvalue weighted by Gasteiger charge is -1.98. The van der Waals surface area contributed by atoms with Crippen molar-refractivity contribution in [3.8, 4) is 34.3 Å². The number of hydrogen-bond donors (Lipinski definition) is 2. The van der Waals surface area contributed by atoms with E-state index >= 15 is 0 Å². The van der Waals surface area contributed by atoms with Crippen molar-refractivity contribution in [1.82, 2.24) is 10.1 Å². The molecule has 0 spiro atoms. The van der Waals surface area contributed by atoms with Gasteiger partial charge in [-0.05, 0) is 42.5 Å². The van der Waals surface area contributed by atoms with Gasteiger partial charge < -0.3 is 14.7 Å². The average molecular weight is 289 g/mol. The highest BCUT2D eigenvalue weighted by molar-refractivity contribution is 6.33. The van der Waals surface area contributed by atoms with Crippen molar-refractivity contribution in [3.05, 3.63) is 47.5 Å². The Kier molecular flexibility index (Phi) is 3.04. The molecule has 5 nitrogen and oxygen atoms in total. The fraction of sp³-hybridized carbons (Fsp3) is 0. The van der Waals surface area contributed by atoms with E-state index in [0.29, 0.717) is 22.0 Å². The summed E-state index contributed by atoms with van der Waals surface area (Å²) < 4.78 is 5.15. The Bertz CT molecular complexity index is 753. The van der Waals surface area contributed by atoms with Gasteiger partial charge in [-0.3, -0.25) is 0 Å². The minimum absolute atomic E-state index is 0.0637. The first-order valence-corrected chi connectivity index (χ1v) is 6.13. The summed E-state index contributed by atoms with van der Waals surface area (Å²) in [7, 11) is 0. The molecule has 2 N–H and O–H groups in total. The van der Waals surface area contributed by atoms with Crippen LogP contribution in [0.1, 0.15) is 0 Å². The summed E-state index contributed by atoms with van der Waals surface area (Å²) in [5.41, 5.74) is 1.17. The van der Waals surface area contributed by atoms with Gasteiger partial charge in [0.2, 0.25) is 5.82 Å². The number of nitrogens with zero attached hydrogens (tertiary/aromatic N) is 2. The Labute approximate surface area is 119 Å². The highest BCUT2D eigenvalue weighted by atomic mass is 35.5. The van der Waals surface area contributed by atoms with Crippen LogP contribution >= 0.6 is 11.6 Å². The maximum absolute atomic E-state index is 9.48. The minimum Gasteiger partial charge on any atom is -0.508 e. The maximum atomic E-state index is 9.48. The Balaban J connectivity index is 2.01. The number of halogens is 1. The van der Waals surface area contributed by atoms with Gasteiger partial charge in [-0.15, -0.1) is 0 Å². The van der Waals surface area contributed by atoms with Crippen molar-refractivity contribution < 1.29 is 14.7 Å². The van der Waals surface area contributed by atoms with Crippen LogP contribution < -0.4 is 0 Å². The number of benzene rings is 2. The molecule has 0 aliphatic carbocycles. The number of phenols is 2. The zero-order valence-corrected chi connectivity index (χ0v) is 10.9. The van der Waals surface area contributed by atoms with Gasteiger partial charge in [-0.1, -0.05) is 16.8 Å². The fourth-order valence-electron chi connectivity index (χ4n) is 1.74. The summed E-state index contributed by atoms with van der Waals surface area (Å²) in [5.74, 6) is 0.815. The molecule has 0 aliphatic rings. The lowest BCUT2D eigenvalue weighted by atomic mass is 10.2. The molecule has 0 amide bonds. The lowest BCUT2D eigenvalue weighted by molar-refractivity contribution is 0.431. The molecule has 3 aromatic rings. The Morgan fingerprint density at radius 1 is 0.950 bits per heavy atom. The summed E-state index contributed by atoms with van der Waals surface area (Å²) >= 11 is 6.03. The zero-order chi connectivity index (χ0) is 14.1. The standard InChI is InChI=1S/C14H9ClN2O3/c15-12-6-5-10(19)7-11(12)14-16-13(17-20-14)8-1-3-9(18)4-2-8/h1-7,18-19H.